The van der Waals surface area contributed by atoms with E-state index in [1.165, 1.54) is 43.3 Å². The first-order valence-corrected chi connectivity index (χ1v) is 7.96. The summed E-state index contributed by atoms with van der Waals surface area (Å²) < 4.78 is 5.89. The molecule has 1 aromatic heterocycles. The first-order chi connectivity index (χ1) is 11.2. The minimum absolute atomic E-state index is 0.967. The number of fused-ring (bicyclic) bond motifs is 6. The van der Waals surface area contributed by atoms with E-state index in [1.807, 2.05) is 6.92 Å². The van der Waals surface area contributed by atoms with Gasteiger partial charge in [0.1, 0.15) is 11.3 Å². The highest BCUT2D eigenvalue weighted by molar-refractivity contribution is 6.19. The van der Waals surface area contributed by atoms with Gasteiger partial charge in [-0.15, -0.1) is 0 Å². The molecule has 1 heterocycles. The summed E-state index contributed by atoms with van der Waals surface area (Å²) >= 11 is 0. The van der Waals surface area contributed by atoms with Crippen LogP contribution in [-0.4, -0.2) is 0 Å². The number of furan rings is 1. The lowest BCUT2D eigenvalue weighted by molar-refractivity contribution is 0.576. The SMILES string of the molecule is Cc1cc2c(o1)c(C)cc1c3cc4ccccc4cc3ccc21. The van der Waals surface area contributed by atoms with Gasteiger partial charge in [0, 0.05) is 5.39 Å². The summed E-state index contributed by atoms with van der Waals surface area (Å²) in [6, 6.07) is 22.0. The van der Waals surface area contributed by atoms with Crippen LogP contribution in [0.2, 0.25) is 0 Å². The lowest BCUT2D eigenvalue weighted by atomic mass is 9.95. The van der Waals surface area contributed by atoms with Gasteiger partial charge in [0.25, 0.3) is 0 Å². The van der Waals surface area contributed by atoms with E-state index in [2.05, 4.69) is 67.6 Å². The number of rotatable bonds is 0. The van der Waals surface area contributed by atoms with Crippen LogP contribution in [-0.2, 0) is 0 Å². The lowest BCUT2D eigenvalue weighted by Crippen LogP contribution is -1.83. The molecule has 1 heteroatoms. The van der Waals surface area contributed by atoms with Crippen LogP contribution in [0.5, 0.6) is 0 Å². The number of hydrogen-bond donors (Lipinski definition) is 0. The van der Waals surface area contributed by atoms with Gasteiger partial charge in [-0.3, -0.25) is 0 Å². The van der Waals surface area contributed by atoms with Crippen LogP contribution in [0.15, 0.2) is 65.1 Å². The Morgan fingerprint density at radius 1 is 0.609 bits per heavy atom. The van der Waals surface area contributed by atoms with Crippen molar-refractivity contribution in [2.45, 2.75) is 13.8 Å². The second-order valence-corrected chi connectivity index (χ2v) is 6.37. The lowest BCUT2D eigenvalue weighted by Gasteiger charge is -2.08. The predicted molar refractivity (Wildman–Crippen MR) is 98.2 cm³/mol. The molecule has 0 atom stereocenters. The highest BCUT2D eigenvalue weighted by Crippen LogP contribution is 2.36. The van der Waals surface area contributed by atoms with E-state index in [0.29, 0.717) is 0 Å². The molecular weight excluding hydrogens is 280 g/mol. The molecule has 5 rings (SSSR count). The van der Waals surface area contributed by atoms with Gasteiger partial charge in [0.2, 0.25) is 0 Å². The van der Waals surface area contributed by atoms with Crippen molar-refractivity contribution in [2.75, 3.05) is 0 Å². The predicted octanol–water partition coefficient (Wildman–Crippen LogP) is 6.51. The molecule has 0 aliphatic rings. The first kappa shape index (κ1) is 12.7. The molecule has 0 fully saturated rings. The topological polar surface area (TPSA) is 13.1 Å². The third-order valence-electron chi connectivity index (χ3n) is 4.79. The smallest absolute Gasteiger partial charge is 0.137 e. The molecule has 110 valence electrons. The summed E-state index contributed by atoms with van der Waals surface area (Å²) in [6.45, 7) is 4.14. The van der Waals surface area contributed by atoms with Crippen molar-refractivity contribution in [1.82, 2.24) is 0 Å². The largest absolute Gasteiger partial charge is 0.461 e. The molecule has 4 aromatic carbocycles. The fourth-order valence-electron chi connectivity index (χ4n) is 3.72. The molecule has 0 bridgehead atoms. The monoisotopic (exact) mass is 296 g/mol. The van der Waals surface area contributed by atoms with E-state index in [-0.39, 0.29) is 0 Å². The molecule has 0 saturated heterocycles. The molecule has 0 unspecified atom stereocenters. The quantitative estimate of drug-likeness (QED) is 0.234. The van der Waals surface area contributed by atoms with Crippen LogP contribution in [0, 0.1) is 13.8 Å². The molecule has 0 saturated carbocycles. The van der Waals surface area contributed by atoms with E-state index < -0.39 is 0 Å². The minimum Gasteiger partial charge on any atom is -0.461 e. The number of hydrogen-bond acceptors (Lipinski definition) is 1. The van der Waals surface area contributed by atoms with Crippen LogP contribution in [0.3, 0.4) is 0 Å². The van der Waals surface area contributed by atoms with Crippen LogP contribution >= 0.6 is 0 Å². The van der Waals surface area contributed by atoms with E-state index in [0.717, 1.165) is 11.3 Å². The Balaban J connectivity index is 2.04. The van der Waals surface area contributed by atoms with Gasteiger partial charge in [0.15, 0.2) is 0 Å². The standard InChI is InChI=1S/C22H16O/c1-13-9-20-18(21-10-14(2)23-22(13)21)8-7-17-11-15-5-3-4-6-16(15)12-19(17)20/h3-12H,1-2H3. The zero-order valence-electron chi connectivity index (χ0n) is 13.2. The molecule has 23 heavy (non-hydrogen) atoms. The summed E-state index contributed by atoms with van der Waals surface area (Å²) in [4.78, 5) is 0. The Morgan fingerprint density at radius 2 is 1.39 bits per heavy atom. The van der Waals surface area contributed by atoms with Gasteiger partial charge in [-0.2, -0.15) is 0 Å². The second kappa shape index (κ2) is 4.36. The molecule has 0 spiro atoms. The van der Waals surface area contributed by atoms with Crippen molar-refractivity contribution in [3.8, 4) is 0 Å². The fraction of sp³-hybridized carbons (Fsp3) is 0.0909. The Morgan fingerprint density at radius 3 is 2.22 bits per heavy atom. The van der Waals surface area contributed by atoms with Crippen molar-refractivity contribution in [1.29, 1.82) is 0 Å². The van der Waals surface area contributed by atoms with Gasteiger partial charge >= 0.3 is 0 Å². The fourth-order valence-corrected chi connectivity index (χ4v) is 3.72. The Kier molecular flexibility index (Phi) is 2.41. The maximum Gasteiger partial charge on any atom is 0.137 e. The van der Waals surface area contributed by atoms with E-state index in [1.54, 1.807) is 0 Å². The number of benzene rings is 4. The average Bonchev–Trinajstić information content (AvgIpc) is 2.95. The third kappa shape index (κ3) is 1.74. The van der Waals surface area contributed by atoms with Crippen molar-refractivity contribution in [3.05, 3.63) is 72.0 Å². The number of aryl methyl sites for hydroxylation is 2. The maximum absolute atomic E-state index is 5.89. The van der Waals surface area contributed by atoms with Crippen LogP contribution in [0.25, 0.3) is 43.3 Å². The normalized spacial score (nSPS) is 11.9. The Hall–Kier alpha value is -2.80. The molecule has 0 aliphatic carbocycles. The third-order valence-corrected chi connectivity index (χ3v) is 4.79. The summed E-state index contributed by atoms with van der Waals surface area (Å²) in [5.41, 5.74) is 2.20. The van der Waals surface area contributed by atoms with E-state index in [4.69, 9.17) is 4.42 Å². The van der Waals surface area contributed by atoms with Crippen molar-refractivity contribution < 1.29 is 4.42 Å². The van der Waals surface area contributed by atoms with Crippen LogP contribution in [0.4, 0.5) is 0 Å². The van der Waals surface area contributed by atoms with E-state index >= 15 is 0 Å². The molecular formula is C22H16O. The van der Waals surface area contributed by atoms with Gasteiger partial charge in [0.05, 0.1) is 0 Å². The maximum atomic E-state index is 5.89. The van der Waals surface area contributed by atoms with E-state index in [9.17, 15) is 0 Å². The van der Waals surface area contributed by atoms with Gasteiger partial charge in [-0.1, -0.05) is 36.4 Å². The summed E-state index contributed by atoms with van der Waals surface area (Å²) in [6.07, 6.45) is 0. The second-order valence-electron chi connectivity index (χ2n) is 6.37. The molecule has 0 amide bonds. The van der Waals surface area contributed by atoms with Gasteiger partial charge in [-0.05, 0) is 76.0 Å². The van der Waals surface area contributed by atoms with Crippen molar-refractivity contribution in [3.63, 3.8) is 0 Å². The first-order valence-electron chi connectivity index (χ1n) is 7.96. The minimum atomic E-state index is 0.967. The summed E-state index contributed by atoms with van der Waals surface area (Å²) in [5, 5.41) is 8.96. The van der Waals surface area contributed by atoms with Crippen molar-refractivity contribution in [2.24, 2.45) is 0 Å². The highest BCUT2D eigenvalue weighted by Gasteiger charge is 2.11. The molecule has 1 nitrogen and oxygen atoms in total. The van der Waals surface area contributed by atoms with Crippen LogP contribution < -0.4 is 0 Å². The van der Waals surface area contributed by atoms with Crippen LogP contribution in [0.1, 0.15) is 11.3 Å². The molecule has 0 N–H and O–H groups in total. The summed E-state index contributed by atoms with van der Waals surface area (Å²) in [5.74, 6) is 0.967. The molecule has 0 radical (unpaired) electrons. The molecule has 0 aliphatic heterocycles. The van der Waals surface area contributed by atoms with Crippen molar-refractivity contribution >= 4 is 43.3 Å². The highest BCUT2D eigenvalue weighted by atomic mass is 16.3. The average molecular weight is 296 g/mol. The Bertz CT molecular complexity index is 1220. The molecule has 5 aromatic rings. The summed E-state index contributed by atoms with van der Waals surface area (Å²) in [7, 11) is 0. The zero-order chi connectivity index (χ0) is 15.6. The Labute approximate surface area is 134 Å². The zero-order valence-corrected chi connectivity index (χ0v) is 13.2. The van der Waals surface area contributed by atoms with Gasteiger partial charge in [-0.25, -0.2) is 0 Å². The van der Waals surface area contributed by atoms with Gasteiger partial charge < -0.3 is 4.42 Å².